The summed E-state index contributed by atoms with van der Waals surface area (Å²) in [5.74, 6) is -1.16. The average Bonchev–Trinajstić information content (AvgIpc) is 2.47. The van der Waals surface area contributed by atoms with Crippen LogP contribution in [0.4, 0.5) is 0 Å². The van der Waals surface area contributed by atoms with Crippen LogP contribution >= 0.6 is 11.6 Å². The normalized spacial score (nSPS) is 10.6. The second-order valence-electron chi connectivity index (χ2n) is 4.39. The number of rotatable bonds is 4. The number of nitrogens with zero attached hydrogens (tertiary/aromatic N) is 2. The molecule has 7 heteroatoms. The maximum absolute atomic E-state index is 10.9. The van der Waals surface area contributed by atoms with Crippen molar-refractivity contribution in [1.82, 2.24) is 0 Å². The number of hydrogen-bond donors (Lipinski definition) is 3. The maximum Gasteiger partial charge on any atom is 0.337 e. The number of carboxylic acid groups (broad SMARTS) is 1. The van der Waals surface area contributed by atoms with Gasteiger partial charge in [0.25, 0.3) is 0 Å². The highest BCUT2D eigenvalue weighted by molar-refractivity contribution is 6.33. The summed E-state index contributed by atoms with van der Waals surface area (Å²) < 4.78 is 0. The number of carbonyl (C=O) groups is 1. The Kier molecular flexibility index (Phi) is 4.75. The highest BCUT2D eigenvalue weighted by Gasteiger charge is 2.09. The Hall–Kier alpha value is -2.86. The summed E-state index contributed by atoms with van der Waals surface area (Å²) in [5, 5.41) is 16.4. The van der Waals surface area contributed by atoms with Crippen molar-refractivity contribution in [2.75, 3.05) is 0 Å². The molecule has 112 valence electrons. The van der Waals surface area contributed by atoms with Crippen molar-refractivity contribution >= 4 is 29.7 Å². The van der Waals surface area contributed by atoms with Gasteiger partial charge in [-0.1, -0.05) is 41.9 Å². The average molecular weight is 317 g/mol. The lowest BCUT2D eigenvalue weighted by Crippen LogP contribution is -2.21. The monoisotopic (exact) mass is 316 g/mol. The molecule has 0 amide bonds. The lowest BCUT2D eigenvalue weighted by atomic mass is 10.0. The Morgan fingerprint density at radius 2 is 1.73 bits per heavy atom. The fraction of sp³-hybridized carbons (Fsp3) is 0. The van der Waals surface area contributed by atoms with Gasteiger partial charge in [0.1, 0.15) is 0 Å². The predicted molar refractivity (Wildman–Crippen MR) is 87.3 cm³/mol. The van der Waals surface area contributed by atoms with Crippen LogP contribution in [0.25, 0.3) is 11.1 Å². The molecule has 0 aromatic heterocycles. The van der Waals surface area contributed by atoms with E-state index in [2.05, 4.69) is 10.2 Å². The second-order valence-corrected chi connectivity index (χ2v) is 4.80. The zero-order valence-electron chi connectivity index (χ0n) is 11.4. The summed E-state index contributed by atoms with van der Waals surface area (Å²) >= 11 is 5.96. The molecule has 0 aliphatic heterocycles. The van der Waals surface area contributed by atoms with Gasteiger partial charge in [-0.2, -0.15) is 5.10 Å². The van der Waals surface area contributed by atoms with Gasteiger partial charge in [-0.15, -0.1) is 5.10 Å². The van der Waals surface area contributed by atoms with Crippen LogP contribution in [-0.2, 0) is 0 Å². The van der Waals surface area contributed by atoms with Gasteiger partial charge in [-0.25, -0.2) is 4.79 Å². The van der Waals surface area contributed by atoms with Gasteiger partial charge >= 0.3 is 5.97 Å². The summed E-state index contributed by atoms with van der Waals surface area (Å²) in [4.78, 5) is 10.9. The number of aromatic carboxylic acids is 1. The van der Waals surface area contributed by atoms with Gasteiger partial charge < -0.3 is 16.6 Å². The molecule has 0 fully saturated rings. The van der Waals surface area contributed by atoms with Gasteiger partial charge in [0, 0.05) is 0 Å². The minimum atomic E-state index is -1.05. The molecule has 0 spiro atoms. The van der Waals surface area contributed by atoms with Crippen LogP contribution in [0.3, 0.4) is 0 Å². The molecule has 0 bridgehead atoms. The van der Waals surface area contributed by atoms with E-state index in [1.807, 2.05) is 24.3 Å². The van der Waals surface area contributed by atoms with Crippen LogP contribution in [0.5, 0.6) is 0 Å². The minimum absolute atomic E-state index is 0.0754. The molecule has 5 N–H and O–H groups in total. The second kappa shape index (κ2) is 6.73. The summed E-state index contributed by atoms with van der Waals surface area (Å²) in [6.45, 7) is 0. The summed E-state index contributed by atoms with van der Waals surface area (Å²) in [6, 6.07) is 12.2. The Labute approximate surface area is 131 Å². The highest BCUT2D eigenvalue weighted by atomic mass is 35.5. The zero-order valence-corrected chi connectivity index (χ0v) is 12.2. The summed E-state index contributed by atoms with van der Waals surface area (Å²) in [7, 11) is 0. The smallest absolute Gasteiger partial charge is 0.337 e. The van der Waals surface area contributed by atoms with Gasteiger partial charge in [0.15, 0.2) is 0 Å². The van der Waals surface area contributed by atoms with Gasteiger partial charge in [-0.05, 0) is 28.8 Å². The quantitative estimate of drug-likeness (QED) is 0.456. The number of halogens is 1. The molecule has 6 nitrogen and oxygen atoms in total. The molecule has 0 aliphatic rings. The first-order chi connectivity index (χ1) is 10.5. The highest BCUT2D eigenvalue weighted by Crippen LogP contribution is 2.25. The molecule has 22 heavy (non-hydrogen) atoms. The molecule has 2 aromatic rings. The Morgan fingerprint density at radius 3 is 2.27 bits per heavy atom. The van der Waals surface area contributed by atoms with Crippen molar-refractivity contribution in [3.05, 3.63) is 58.6 Å². The molecule has 2 aromatic carbocycles. The number of nitrogens with two attached hydrogens (primary N) is 2. The predicted octanol–water partition coefficient (Wildman–Crippen LogP) is 2.31. The van der Waals surface area contributed by atoms with Crippen LogP contribution < -0.4 is 11.5 Å². The van der Waals surface area contributed by atoms with E-state index >= 15 is 0 Å². The molecule has 0 saturated carbocycles. The first kappa shape index (κ1) is 15.5. The van der Waals surface area contributed by atoms with E-state index < -0.39 is 5.97 Å². The lowest BCUT2D eigenvalue weighted by molar-refractivity contribution is 0.0697. The largest absolute Gasteiger partial charge is 0.478 e. The van der Waals surface area contributed by atoms with Crippen LogP contribution in [0, 0.1) is 0 Å². The van der Waals surface area contributed by atoms with Crippen molar-refractivity contribution < 1.29 is 9.90 Å². The van der Waals surface area contributed by atoms with E-state index in [0.717, 1.165) is 16.7 Å². The van der Waals surface area contributed by atoms with E-state index in [0.29, 0.717) is 0 Å². The maximum atomic E-state index is 10.9. The van der Waals surface area contributed by atoms with E-state index in [1.54, 1.807) is 12.1 Å². The number of benzene rings is 2. The van der Waals surface area contributed by atoms with Crippen molar-refractivity contribution in [1.29, 1.82) is 0 Å². The van der Waals surface area contributed by atoms with Gasteiger partial charge in [-0.3, -0.25) is 0 Å². The van der Waals surface area contributed by atoms with Gasteiger partial charge in [0.2, 0.25) is 5.96 Å². The fourth-order valence-corrected chi connectivity index (χ4v) is 2.05. The number of guanidine groups is 1. The van der Waals surface area contributed by atoms with Crippen LogP contribution in [0.1, 0.15) is 15.9 Å². The van der Waals surface area contributed by atoms with E-state index in [-0.39, 0.29) is 16.5 Å². The fourth-order valence-electron chi connectivity index (χ4n) is 1.79. The third-order valence-electron chi connectivity index (χ3n) is 2.82. The third kappa shape index (κ3) is 3.83. The van der Waals surface area contributed by atoms with Crippen LogP contribution in [0.15, 0.2) is 52.7 Å². The molecule has 0 saturated heterocycles. The SMILES string of the molecule is NC(N)=NN=Cc1ccc(-c2ccc(C(=O)O)c(Cl)c2)cc1. The Balaban J connectivity index is 2.24. The number of hydrogen-bond acceptors (Lipinski definition) is 3. The van der Waals surface area contributed by atoms with E-state index in [4.69, 9.17) is 28.2 Å². The standard InChI is InChI=1S/C15H13ClN4O2/c16-13-7-11(5-6-12(13)14(21)22)10-3-1-9(2-4-10)8-19-20-15(17)18/h1-8H,(H,21,22)(H4,17,18,20). The number of carboxylic acids is 1. The Bertz CT molecular complexity index is 751. The van der Waals surface area contributed by atoms with Crippen molar-refractivity contribution in [2.45, 2.75) is 0 Å². The molecule has 0 heterocycles. The topological polar surface area (TPSA) is 114 Å². The summed E-state index contributed by atoms with van der Waals surface area (Å²) in [6.07, 6.45) is 1.52. The van der Waals surface area contributed by atoms with E-state index in [1.165, 1.54) is 12.3 Å². The van der Waals surface area contributed by atoms with Crippen LogP contribution in [0.2, 0.25) is 5.02 Å². The van der Waals surface area contributed by atoms with Gasteiger partial charge in [0.05, 0.1) is 16.8 Å². The Morgan fingerprint density at radius 1 is 1.09 bits per heavy atom. The molecule has 0 radical (unpaired) electrons. The van der Waals surface area contributed by atoms with Crippen molar-refractivity contribution in [3.63, 3.8) is 0 Å². The summed E-state index contributed by atoms with van der Waals surface area (Å²) in [5.41, 5.74) is 12.9. The first-order valence-electron chi connectivity index (χ1n) is 6.22. The molecule has 2 rings (SSSR count). The van der Waals surface area contributed by atoms with Crippen molar-refractivity contribution in [2.24, 2.45) is 21.7 Å². The molecular weight excluding hydrogens is 304 g/mol. The molecular formula is C15H13ClN4O2. The third-order valence-corrected chi connectivity index (χ3v) is 3.14. The molecule has 0 atom stereocenters. The lowest BCUT2D eigenvalue weighted by Gasteiger charge is -2.05. The molecule has 0 aliphatic carbocycles. The van der Waals surface area contributed by atoms with Crippen LogP contribution in [-0.4, -0.2) is 23.2 Å². The molecule has 0 unspecified atom stereocenters. The first-order valence-corrected chi connectivity index (χ1v) is 6.60. The minimum Gasteiger partial charge on any atom is -0.478 e. The van der Waals surface area contributed by atoms with E-state index in [9.17, 15) is 4.79 Å². The zero-order chi connectivity index (χ0) is 16.1. The van der Waals surface area contributed by atoms with Crippen molar-refractivity contribution in [3.8, 4) is 11.1 Å².